The molecule has 172 valence electrons. The first-order chi connectivity index (χ1) is 15.2. The number of ether oxygens (including phenoxy) is 2. The molecule has 2 fully saturated rings. The van der Waals surface area contributed by atoms with Gasteiger partial charge in [-0.25, -0.2) is 8.42 Å². The zero-order valence-corrected chi connectivity index (χ0v) is 19.2. The predicted octanol–water partition coefficient (Wildman–Crippen LogP) is 2.84. The minimum Gasteiger partial charge on any atom is -0.491 e. The number of aliphatic hydroxyl groups is 1. The summed E-state index contributed by atoms with van der Waals surface area (Å²) in [7, 11) is -3.28. The highest BCUT2D eigenvalue weighted by molar-refractivity contribution is 7.90. The number of aliphatic hydroxyl groups excluding tert-OH is 1. The van der Waals surface area contributed by atoms with Crippen molar-refractivity contribution in [3.05, 3.63) is 53.6 Å². The van der Waals surface area contributed by atoms with Crippen LogP contribution in [0.3, 0.4) is 0 Å². The Bertz CT molecular complexity index is 1080. The Morgan fingerprint density at radius 2 is 1.84 bits per heavy atom. The van der Waals surface area contributed by atoms with E-state index in [1.807, 2.05) is 25.1 Å². The number of anilines is 1. The molecule has 1 aliphatic carbocycles. The molecule has 1 heterocycles. The molecule has 0 bridgehead atoms. The highest BCUT2D eigenvalue weighted by atomic mass is 32.2. The molecule has 1 N–H and O–H groups in total. The van der Waals surface area contributed by atoms with E-state index >= 15 is 0 Å². The van der Waals surface area contributed by atoms with Crippen LogP contribution in [-0.4, -0.2) is 56.8 Å². The lowest BCUT2D eigenvalue weighted by Gasteiger charge is -2.19. The third-order valence-corrected chi connectivity index (χ3v) is 6.75. The van der Waals surface area contributed by atoms with Gasteiger partial charge >= 0.3 is 0 Å². The molecular formula is C24H29NO6S. The van der Waals surface area contributed by atoms with Crippen LogP contribution in [0.2, 0.25) is 0 Å². The summed E-state index contributed by atoms with van der Waals surface area (Å²) in [6.07, 6.45) is 2.58. The fourth-order valence-electron chi connectivity index (χ4n) is 3.97. The van der Waals surface area contributed by atoms with Crippen molar-refractivity contribution in [3.63, 3.8) is 0 Å². The van der Waals surface area contributed by atoms with E-state index in [-0.39, 0.29) is 18.3 Å². The smallest absolute Gasteiger partial charge is 0.268 e. The van der Waals surface area contributed by atoms with Gasteiger partial charge in [-0.3, -0.25) is 4.79 Å². The average Bonchev–Trinajstić information content (AvgIpc) is 3.51. The van der Waals surface area contributed by atoms with Crippen LogP contribution in [0.4, 0.5) is 5.69 Å². The van der Waals surface area contributed by atoms with Gasteiger partial charge in [-0.05, 0) is 67.1 Å². The van der Waals surface area contributed by atoms with Crippen LogP contribution in [0.1, 0.15) is 36.3 Å². The van der Waals surface area contributed by atoms with E-state index in [9.17, 15) is 18.3 Å². The van der Waals surface area contributed by atoms with Gasteiger partial charge in [-0.15, -0.1) is 0 Å². The molecule has 1 saturated carbocycles. The quantitative estimate of drug-likeness (QED) is 0.620. The van der Waals surface area contributed by atoms with Gasteiger partial charge in [0.15, 0.2) is 6.10 Å². The zero-order valence-electron chi connectivity index (χ0n) is 18.4. The van der Waals surface area contributed by atoms with Crippen molar-refractivity contribution in [2.24, 2.45) is 0 Å². The number of rotatable bonds is 9. The Kier molecular flexibility index (Phi) is 6.44. The number of nitrogens with zero attached hydrogens (tertiary/aromatic N) is 1. The molecule has 0 aromatic heterocycles. The minimum absolute atomic E-state index is 0.0760. The monoisotopic (exact) mass is 459 g/mol. The van der Waals surface area contributed by atoms with Gasteiger partial charge in [0.1, 0.15) is 34.0 Å². The Balaban J connectivity index is 1.35. The summed E-state index contributed by atoms with van der Waals surface area (Å²) >= 11 is 0. The number of hydrogen-bond acceptors (Lipinski definition) is 6. The highest BCUT2D eigenvalue weighted by Gasteiger charge is 2.34. The Labute approximate surface area is 188 Å². The Morgan fingerprint density at radius 1 is 1.12 bits per heavy atom. The third-order valence-electron chi connectivity index (χ3n) is 5.76. The van der Waals surface area contributed by atoms with E-state index in [0.717, 1.165) is 17.5 Å². The predicted molar refractivity (Wildman–Crippen MR) is 122 cm³/mol. The van der Waals surface area contributed by atoms with Crippen molar-refractivity contribution in [3.8, 4) is 11.5 Å². The Morgan fingerprint density at radius 3 is 2.47 bits per heavy atom. The number of carbonyl (C=O) groups is 1. The van der Waals surface area contributed by atoms with Crippen LogP contribution in [0.15, 0.2) is 42.5 Å². The topological polar surface area (TPSA) is 93.1 Å². The first-order valence-electron chi connectivity index (χ1n) is 10.9. The number of benzene rings is 2. The SMILES string of the molecule is Cc1cc(N2CCC(Oc3ccc(C4CC4)cc3)C2=O)ccc1OC[C@@H](O)CS(C)(=O)=O. The summed E-state index contributed by atoms with van der Waals surface area (Å²) in [5.41, 5.74) is 2.88. The molecule has 2 aromatic rings. The first kappa shape index (κ1) is 22.6. The van der Waals surface area contributed by atoms with Crippen LogP contribution in [-0.2, 0) is 14.6 Å². The maximum Gasteiger partial charge on any atom is 0.268 e. The van der Waals surface area contributed by atoms with Crippen molar-refractivity contribution >= 4 is 21.4 Å². The number of aryl methyl sites for hydroxylation is 1. The second-order valence-electron chi connectivity index (χ2n) is 8.74. The number of carbonyl (C=O) groups excluding carboxylic acids is 1. The number of hydrogen-bond donors (Lipinski definition) is 1. The number of sulfone groups is 1. The minimum atomic E-state index is -3.28. The molecule has 1 aliphatic heterocycles. The summed E-state index contributed by atoms with van der Waals surface area (Å²) in [4.78, 5) is 14.6. The van der Waals surface area contributed by atoms with Crippen molar-refractivity contribution in [2.45, 2.75) is 44.3 Å². The summed E-state index contributed by atoms with van der Waals surface area (Å²) in [5, 5.41) is 9.82. The average molecular weight is 460 g/mol. The van der Waals surface area contributed by atoms with E-state index in [0.29, 0.717) is 30.4 Å². The van der Waals surface area contributed by atoms with Gasteiger partial charge in [0.2, 0.25) is 0 Å². The van der Waals surface area contributed by atoms with Crippen LogP contribution in [0, 0.1) is 6.92 Å². The van der Waals surface area contributed by atoms with Gasteiger partial charge < -0.3 is 19.5 Å². The van der Waals surface area contributed by atoms with Gasteiger partial charge in [0.25, 0.3) is 5.91 Å². The first-order valence-corrected chi connectivity index (χ1v) is 12.9. The third kappa shape index (κ3) is 5.61. The molecule has 0 radical (unpaired) electrons. The van der Waals surface area contributed by atoms with Crippen molar-refractivity contribution in [2.75, 3.05) is 30.1 Å². The zero-order chi connectivity index (χ0) is 22.9. The standard InChI is InChI=1S/C24H29NO6S/c1-16-13-19(7-10-22(16)30-14-20(26)15-32(2,28)29)25-12-11-23(24(25)27)31-21-8-5-18(6-9-21)17-3-4-17/h5-10,13,17,20,23,26H,3-4,11-12,14-15H2,1-2H3/t20-,23?/m1/s1. The molecule has 4 rings (SSSR count). The van der Waals surface area contributed by atoms with Crippen molar-refractivity contribution in [1.29, 1.82) is 0 Å². The van der Waals surface area contributed by atoms with E-state index in [2.05, 4.69) is 12.1 Å². The molecule has 1 unspecified atom stereocenters. The largest absolute Gasteiger partial charge is 0.491 e. The van der Waals surface area contributed by atoms with Crippen molar-refractivity contribution in [1.82, 2.24) is 0 Å². The van der Waals surface area contributed by atoms with E-state index in [1.54, 1.807) is 17.0 Å². The Hall–Kier alpha value is -2.58. The normalized spacial score (nSPS) is 19.8. The summed E-state index contributed by atoms with van der Waals surface area (Å²) < 4.78 is 34.1. The van der Waals surface area contributed by atoms with Crippen LogP contribution >= 0.6 is 0 Å². The van der Waals surface area contributed by atoms with E-state index in [4.69, 9.17) is 9.47 Å². The molecule has 1 amide bonds. The van der Waals surface area contributed by atoms with Gasteiger partial charge in [0.05, 0.1) is 5.75 Å². The molecule has 2 aromatic carbocycles. The highest BCUT2D eigenvalue weighted by Crippen LogP contribution is 2.40. The second-order valence-corrected chi connectivity index (χ2v) is 10.9. The lowest BCUT2D eigenvalue weighted by Crippen LogP contribution is -2.32. The lowest BCUT2D eigenvalue weighted by atomic mass is 10.1. The van der Waals surface area contributed by atoms with Gasteiger partial charge in [-0.1, -0.05) is 12.1 Å². The lowest BCUT2D eigenvalue weighted by molar-refractivity contribution is -0.122. The van der Waals surface area contributed by atoms with E-state index in [1.165, 1.54) is 18.4 Å². The van der Waals surface area contributed by atoms with Gasteiger partial charge in [0, 0.05) is 24.9 Å². The molecule has 7 nitrogen and oxygen atoms in total. The maximum absolute atomic E-state index is 12.9. The molecule has 8 heteroatoms. The molecular weight excluding hydrogens is 430 g/mol. The summed E-state index contributed by atoms with van der Waals surface area (Å²) in [6, 6.07) is 13.4. The molecule has 1 saturated heterocycles. The maximum atomic E-state index is 12.9. The fourth-order valence-corrected chi connectivity index (χ4v) is 4.76. The van der Waals surface area contributed by atoms with Crippen LogP contribution < -0.4 is 14.4 Å². The van der Waals surface area contributed by atoms with Crippen LogP contribution in [0.5, 0.6) is 11.5 Å². The van der Waals surface area contributed by atoms with Crippen molar-refractivity contribution < 1.29 is 27.8 Å². The second kappa shape index (κ2) is 9.11. The molecule has 2 atom stereocenters. The van der Waals surface area contributed by atoms with Gasteiger partial charge in [-0.2, -0.15) is 0 Å². The fraction of sp³-hybridized carbons (Fsp3) is 0.458. The summed E-state index contributed by atoms with van der Waals surface area (Å²) in [6.45, 7) is 2.29. The number of amides is 1. The molecule has 2 aliphatic rings. The molecule has 0 spiro atoms. The summed E-state index contributed by atoms with van der Waals surface area (Å²) in [5.74, 6) is 1.51. The van der Waals surface area contributed by atoms with Crippen LogP contribution in [0.25, 0.3) is 0 Å². The molecule has 32 heavy (non-hydrogen) atoms. The van der Waals surface area contributed by atoms with E-state index < -0.39 is 22.0 Å².